The molecule has 4 nitrogen and oxygen atoms in total. The first kappa shape index (κ1) is 14.8. The fraction of sp³-hybridized carbons (Fsp3) is 0.467. The minimum absolute atomic E-state index is 0.0416. The van der Waals surface area contributed by atoms with Gasteiger partial charge in [-0.1, -0.05) is 13.3 Å². The number of hydrogen-bond acceptors (Lipinski definition) is 3. The molecule has 0 unspecified atom stereocenters. The summed E-state index contributed by atoms with van der Waals surface area (Å²) in [4.78, 5) is 21.4. The number of rotatable bonds is 7. The van der Waals surface area contributed by atoms with Crippen LogP contribution in [-0.2, 0) is 12.8 Å². The number of aromatic nitrogens is 2. The van der Waals surface area contributed by atoms with E-state index in [2.05, 4.69) is 29.1 Å². The van der Waals surface area contributed by atoms with Gasteiger partial charge in [0.25, 0.3) is 5.91 Å². The third-order valence-corrected chi connectivity index (χ3v) is 4.29. The lowest BCUT2D eigenvalue weighted by Gasteiger charge is -2.02. The average molecular weight is 291 g/mol. The Bertz CT molecular complexity index is 545. The van der Waals surface area contributed by atoms with E-state index in [-0.39, 0.29) is 5.91 Å². The Hall–Kier alpha value is -1.62. The number of amides is 1. The molecule has 0 bridgehead atoms. The highest BCUT2D eigenvalue weighted by Gasteiger charge is 2.11. The molecule has 5 heteroatoms. The van der Waals surface area contributed by atoms with Crippen LogP contribution in [0.1, 0.15) is 45.7 Å². The second kappa shape index (κ2) is 7.24. The van der Waals surface area contributed by atoms with Crippen LogP contribution in [0.5, 0.6) is 0 Å². The smallest absolute Gasteiger partial charge is 0.261 e. The van der Waals surface area contributed by atoms with Crippen LogP contribution < -0.4 is 5.32 Å². The number of aryl methyl sites for hydroxylation is 3. The normalized spacial score (nSPS) is 10.7. The van der Waals surface area contributed by atoms with Gasteiger partial charge >= 0.3 is 0 Å². The molecule has 2 N–H and O–H groups in total. The molecule has 0 aliphatic heterocycles. The Balaban J connectivity index is 1.78. The van der Waals surface area contributed by atoms with Crippen LogP contribution in [0.2, 0.25) is 0 Å². The van der Waals surface area contributed by atoms with Gasteiger partial charge in [0, 0.05) is 30.2 Å². The van der Waals surface area contributed by atoms with Gasteiger partial charge in [0.2, 0.25) is 0 Å². The van der Waals surface area contributed by atoms with Crippen LogP contribution in [0, 0.1) is 6.92 Å². The highest BCUT2D eigenvalue weighted by Crippen LogP contribution is 2.22. The van der Waals surface area contributed by atoms with Crippen LogP contribution in [0.3, 0.4) is 0 Å². The Morgan fingerprint density at radius 2 is 2.30 bits per heavy atom. The number of hydrogen-bond donors (Lipinski definition) is 2. The van der Waals surface area contributed by atoms with Crippen LogP contribution in [0.25, 0.3) is 0 Å². The lowest BCUT2D eigenvalue weighted by atomic mass is 10.1. The lowest BCUT2D eigenvalue weighted by molar-refractivity contribution is 0.0957. The summed E-state index contributed by atoms with van der Waals surface area (Å²) in [5.41, 5.74) is 1.30. The number of carbonyl (C=O) groups excluding carboxylic acids is 1. The van der Waals surface area contributed by atoms with E-state index >= 15 is 0 Å². The molecule has 2 heterocycles. The summed E-state index contributed by atoms with van der Waals surface area (Å²) < 4.78 is 0. The van der Waals surface area contributed by atoms with Gasteiger partial charge in [-0.15, -0.1) is 11.3 Å². The number of thiophene rings is 1. The van der Waals surface area contributed by atoms with E-state index in [1.54, 1.807) is 17.5 Å². The van der Waals surface area contributed by atoms with Crippen molar-refractivity contribution in [3.63, 3.8) is 0 Å². The lowest BCUT2D eigenvalue weighted by Crippen LogP contribution is -2.24. The molecule has 2 aromatic heterocycles. The average Bonchev–Trinajstić information content (AvgIpc) is 3.06. The highest BCUT2D eigenvalue weighted by molar-refractivity contribution is 7.14. The first-order chi connectivity index (χ1) is 9.70. The van der Waals surface area contributed by atoms with Gasteiger partial charge in [0.1, 0.15) is 5.82 Å². The first-order valence-electron chi connectivity index (χ1n) is 7.06. The summed E-state index contributed by atoms with van der Waals surface area (Å²) >= 11 is 1.59. The van der Waals surface area contributed by atoms with Gasteiger partial charge in [0.05, 0.1) is 4.88 Å². The molecule has 0 atom stereocenters. The summed E-state index contributed by atoms with van der Waals surface area (Å²) in [6.07, 6.45) is 7.48. The Morgan fingerprint density at radius 3 is 3.00 bits per heavy atom. The van der Waals surface area contributed by atoms with E-state index in [0.717, 1.165) is 36.4 Å². The second-order valence-corrected chi connectivity index (χ2v) is 6.09. The quantitative estimate of drug-likeness (QED) is 0.770. The van der Waals surface area contributed by atoms with Crippen molar-refractivity contribution in [2.45, 2.75) is 39.5 Å². The number of carbonyl (C=O) groups is 1. The number of H-pyrrole nitrogens is 1. The molecule has 0 aromatic carbocycles. The molecule has 0 radical (unpaired) electrons. The van der Waals surface area contributed by atoms with Crippen molar-refractivity contribution in [1.82, 2.24) is 15.3 Å². The van der Waals surface area contributed by atoms with Gasteiger partial charge in [-0.3, -0.25) is 4.79 Å². The van der Waals surface area contributed by atoms with Gasteiger partial charge in [0.15, 0.2) is 0 Å². The highest BCUT2D eigenvalue weighted by atomic mass is 32.1. The number of nitrogens with one attached hydrogen (secondary N) is 2. The maximum Gasteiger partial charge on any atom is 0.261 e. The summed E-state index contributed by atoms with van der Waals surface area (Å²) in [5.74, 6) is 1.01. The zero-order valence-electron chi connectivity index (χ0n) is 12.0. The molecule has 20 heavy (non-hydrogen) atoms. The van der Waals surface area contributed by atoms with Crippen molar-refractivity contribution < 1.29 is 4.79 Å². The maximum absolute atomic E-state index is 12.1. The van der Waals surface area contributed by atoms with Crippen LogP contribution in [0.4, 0.5) is 0 Å². The van der Waals surface area contributed by atoms with Crippen molar-refractivity contribution in [2.24, 2.45) is 0 Å². The van der Waals surface area contributed by atoms with E-state index in [1.807, 2.05) is 12.3 Å². The molecule has 1 amide bonds. The molecule has 108 valence electrons. The molecule has 0 saturated heterocycles. The van der Waals surface area contributed by atoms with E-state index in [1.165, 1.54) is 10.4 Å². The molecule has 2 aromatic rings. The summed E-state index contributed by atoms with van der Waals surface area (Å²) in [6.45, 7) is 4.93. The predicted octanol–water partition coefficient (Wildman–Crippen LogP) is 3.09. The SMILES string of the molecule is CCCc1cc(C(=O)NCCCc2ncc[nH]2)sc1C. The third-order valence-electron chi connectivity index (χ3n) is 3.19. The number of aromatic amines is 1. The monoisotopic (exact) mass is 291 g/mol. The van der Waals surface area contributed by atoms with Crippen LogP contribution in [-0.4, -0.2) is 22.4 Å². The van der Waals surface area contributed by atoms with Crippen molar-refractivity contribution in [3.05, 3.63) is 39.6 Å². The van der Waals surface area contributed by atoms with E-state index < -0.39 is 0 Å². The third kappa shape index (κ3) is 3.93. The first-order valence-corrected chi connectivity index (χ1v) is 7.88. The Morgan fingerprint density at radius 1 is 1.45 bits per heavy atom. The maximum atomic E-state index is 12.1. The van der Waals surface area contributed by atoms with Crippen LogP contribution >= 0.6 is 11.3 Å². The standard InChI is InChI=1S/C15H21N3OS/c1-3-5-12-10-13(20-11(12)2)15(19)18-7-4-6-14-16-8-9-17-14/h8-10H,3-7H2,1-2H3,(H,16,17)(H,18,19). The minimum Gasteiger partial charge on any atom is -0.351 e. The molecule has 0 aliphatic carbocycles. The van der Waals surface area contributed by atoms with Gasteiger partial charge < -0.3 is 10.3 Å². The van der Waals surface area contributed by atoms with Crippen molar-refractivity contribution in [1.29, 1.82) is 0 Å². The largest absolute Gasteiger partial charge is 0.351 e. The molecule has 0 spiro atoms. The second-order valence-electron chi connectivity index (χ2n) is 4.84. The summed E-state index contributed by atoms with van der Waals surface area (Å²) in [6, 6.07) is 2.03. The Kier molecular flexibility index (Phi) is 5.35. The zero-order valence-corrected chi connectivity index (χ0v) is 12.8. The van der Waals surface area contributed by atoms with E-state index in [0.29, 0.717) is 6.54 Å². The van der Waals surface area contributed by atoms with E-state index in [4.69, 9.17) is 0 Å². The molecular weight excluding hydrogens is 270 g/mol. The topological polar surface area (TPSA) is 57.8 Å². The Labute approximate surface area is 123 Å². The van der Waals surface area contributed by atoms with Gasteiger partial charge in [-0.2, -0.15) is 0 Å². The molecular formula is C15H21N3OS. The molecule has 0 fully saturated rings. The minimum atomic E-state index is 0.0416. The summed E-state index contributed by atoms with van der Waals surface area (Å²) in [7, 11) is 0. The fourth-order valence-corrected chi connectivity index (χ4v) is 3.12. The molecule has 0 aliphatic rings. The number of nitrogens with zero attached hydrogens (tertiary/aromatic N) is 1. The van der Waals surface area contributed by atoms with Crippen molar-refractivity contribution >= 4 is 17.2 Å². The fourth-order valence-electron chi connectivity index (χ4n) is 2.13. The van der Waals surface area contributed by atoms with E-state index in [9.17, 15) is 4.79 Å². The zero-order chi connectivity index (χ0) is 14.4. The summed E-state index contributed by atoms with van der Waals surface area (Å²) in [5, 5.41) is 2.97. The van der Waals surface area contributed by atoms with Gasteiger partial charge in [-0.25, -0.2) is 4.98 Å². The number of imidazole rings is 1. The predicted molar refractivity (Wildman–Crippen MR) is 82.3 cm³/mol. The molecule has 0 saturated carbocycles. The van der Waals surface area contributed by atoms with Crippen molar-refractivity contribution in [2.75, 3.05) is 6.54 Å². The van der Waals surface area contributed by atoms with Gasteiger partial charge in [-0.05, 0) is 31.4 Å². The van der Waals surface area contributed by atoms with Crippen molar-refractivity contribution in [3.8, 4) is 0 Å². The van der Waals surface area contributed by atoms with Crippen LogP contribution in [0.15, 0.2) is 18.5 Å². The molecule has 2 rings (SSSR count).